The summed E-state index contributed by atoms with van der Waals surface area (Å²) in [7, 11) is 0. The maximum atomic E-state index is 6.25. The number of aryl methyl sites for hydroxylation is 2. The monoisotopic (exact) mass is 482 g/mol. The molecule has 0 aliphatic carbocycles. The van der Waals surface area contributed by atoms with Crippen molar-refractivity contribution in [3.63, 3.8) is 0 Å². The molecule has 0 saturated heterocycles. The van der Waals surface area contributed by atoms with E-state index in [4.69, 9.17) is 4.74 Å². The largest absolute Gasteiger partial charge is 0.493 e. The Morgan fingerprint density at radius 3 is 2.43 bits per heavy atom. The molecule has 6 aromatic rings. The van der Waals surface area contributed by atoms with Gasteiger partial charge in [-0.2, -0.15) is 0 Å². The van der Waals surface area contributed by atoms with Gasteiger partial charge in [-0.3, -0.25) is 4.98 Å². The molecule has 0 radical (unpaired) electrons. The van der Waals surface area contributed by atoms with Crippen LogP contribution in [0.1, 0.15) is 23.1 Å². The molecule has 0 N–H and O–H groups in total. The van der Waals surface area contributed by atoms with Gasteiger partial charge in [-0.1, -0.05) is 84.9 Å². The van der Waals surface area contributed by atoms with Crippen LogP contribution in [0.3, 0.4) is 0 Å². The van der Waals surface area contributed by atoms with Gasteiger partial charge in [0, 0.05) is 41.5 Å². The highest BCUT2D eigenvalue weighted by Crippen LogP contribution is 2.34. The van der Waals surface area contributed by atoms with Gasteiger partial charge in [-0.15, -0.1) is 0 Å². The molecule has 0 amide bonds. The van der Waals surface area contributed by atoms with Crippen molar-refractivity contribution < 1.29 is 4.74 Å². The molecular weight excluding hydrogens is 452 g/mol. The number of nitrogens with zero attached hydrogens (tertiary/aromatic N) is 2. The maximum absolute atomic E-state index is 6.25. The summed E-state index contributed by atoms with van der Waals surface area (Å²) in [6.45, 7) is 3.66. The van der Waals surface area contributed by atoms with Crippen LogP contribution in [0.5, 0.6) is 5.75 Å². The second kappa shape index (κ2) is 10.3. The molecule has 0 unspecified atom stereocenters. The lowest BCUT2D eigenvalue weighted by Crippen LogP contribution is -2.00. The van der Waals surface area contributed by atoms with Crippen molar-refractivity contribution in [2.75, 3.05) is 6.61 Å². The molecular formula is C34H30N2O. The third kappa shape index (κ3) is 4.73. The van der Waals surface area contributed by atoms with Gasteiger partial charge in [-0.05, 0) is 59.5 Å². The molecule has 2 heterocycles. The van der Waals surface area contributed by atoms with Gasteiger partial charge >= 0.3 is 0 Å². The van der Waals surface area contributed by atoms with Crippen molar-refractivity contribution in [3.8, 4) is 16.9 Å². The Morgan fingerprint density at radius 2 is 1.54 bits per heavy atom. The van der Waals surface area contributed by atoms with Crippen LogP contribution < -0.4 is 4.74 Å². The molecule has 0 saturated carbocycles. The standard InChI is InChI=1S/C34H30N2O/c1-25-10-2-4-15-29(25)32-18-7-17-31-28(24-36(34(31)32)23-26-11-8-20-35-22-26)14-9-21-37-33-19-6-13-27-12-3-5-16-30(27)33/h2-8,10-13,15-20,22,24H,9,14,21,23H2,1H3. The van der Waals surface area contributed by atoms with Crippen LogP contribution in [0.4, 0.5) is 0 Å². The molecule has 3 nitrogen and oxygen atoms in total. The summed E-state index contributed by atoms with van der Waals surface area (Å²) in [6, 6.07) is 34.2. The van der Waals surface area contributed by atoms with Gasteiger partial charge in [0.25, 0.3) is 0 Å². The number of hydrogen-bond donors (Lipinski definition) is 0. The fraction of sp³-hybridized carbons (Fsp3) is 0.147. The molecule has 37 heavy (non-hydrogen) atoms. The van der Waals surface area contributed by atoms with Crippen molar-refractivity contribution in [2.24, 2.45) is 0 Å². The number of para-hydroxylation sites is 1. The zero-order valence-corrected chi connectivity index (χ0v) is 21.1. The van der Waals surface area contributed by atoms with E-state index >= 15 is 0 Å². The lowest BCUT2D eigenvalue weighted by atomic mass is 9.97. The van der Waals surface area contributed by atoms with Crippen molar-refractivity contribution in [1.82, 2.24) is 9.55 Å². The minimum atomic E-state index is 0.681. The van der Waals surface area contributed by atoms with E-state index in [0.29, 0.717) is 6.61 Å². The second-order valence-corrected chi connectivity index (χ2v) is 9.59. The lowest BCUT2D eigenvalue weighted by molar-refractivity contribution is 0.315. The molecule has 182 valence electrons. The summed E-state index contributed by atoms with van der Waals surface area (Å²) in [5.41, 5.74) is 7.68. The number of ether oxygens (including phenoxy) is 1. The Bertz CT molecular complexity index is 1660. The number of benzene rings is 4. The summed E-state index contributed by atoms with van der Waals surface area (Å²) < 4.78 is 8.65. The number of aromatic nitrogens is 2. The van der Waals surface area contributed by atoms with Crippen LogP contribution in [-0.2, 0) is 13.0 Å². The fourth-order valence-electron chi connectivity index (χ4n) is 5.31. The van der Waals surface area contributed by atoms with Gasteiger partial charge in [0.15, 0.2) is 0 Å². The smallest absolute Gasteiger partial charge is 0.127 e. The van der Waals surface area contributed by atoms with Gasteiger partial charge in [0.2, 0.25) is 0 Å². The number of rotatable bonds is 8. The molecule has 0 bridgehead atoms. The van der Waals surface area contributed by atoms with E-state index in [0.717, 1.165) is 25.1 Å². The minimum Gasteiger partial charge on any atom is -0.493 e. The molecule has 0 fully saturated rings. The van der Waals surface area contributed by atoms with Crippen molar-refractivity contribution in [3.05, 3.63) is 132 Å². The van der Waals surface area contributed by atoms with E-state index in [1.165, 1.54) is 49.5 Å². The maximum Gasteiger partial charge on any atom is 0.127 e. The van der Waals surface area contributed by atoms with E-state index in [2.05, 4.69) is 114 Å². The normalized spacial score (nSPS) is 11.3. The van der Waals surface area contributed by atoms with Crippen LogP contribution in [0, 0.1) is 6.92 Å². The van der Waals surface area contributed by atoms with Gasteiger partial charge in [-0.25, -0.2) is 0 Å². The van der Waals surface area contributed by atoms with E-state index in [9.17, 15) is 0 Å². The zero-order valence-electron chi connectivity index (χ0n) is 21.1. The van der Waals surface area contributed by atoms with Crippen molar-refractivity contribution in [2.45, 2.75) is 26.3 Å². The van der Waals surface area contributed by atoms with Gasteiger partial charge in [0.1, 0.15) is 5.75 Å². The minimum absolute atomic E-state index is 0.681. The summed E-state index contributed by atoms with van der Waals surface area (Å²) in [5, 5.41) is 3.69. The zero-order chi connectivity index (χ0) is 25.0. The third-order valence-electron chi connectivity index (χ3n) is 7.09. The average Bonchev–Trinajstić information content (AvgIpc) is 3.29. The van der Waals surface area contributed by atoms with Crippen LogP contribution in [0.15, 0.2) is 116 Å². The van der Waals surface area contributed by atoms with Crippen LogP contribution >= 0.6 is 0 Å². The van der Waals surface area contributed by atoms with E-state index in [-0.39, 0.29) is 0 Å². The first-order valence-electron chi connectivity index (χ1n) is 12.9. The highest BCUT2D eigenvalue weighted by atomic mass is 16.5. The predicted molar refractivity (Wildman–Crippen MR) is 153 cm³/mol. The highest BCUT2D eigenvalue weighted by Gasteiger charge is 2.15. The Hall–Kier alpha value is -4.37. The van der Waals surface area contributed by atoms with Crippen molar-refractivity contribution in [1.29, 1.82) is 0 Å². The first-order chi connectivity index (χ1) is 18.3. The molecule has 0 aliphatic rings. The van der Waals surface area contributed by atoms with Crippen LogP contribution in [0.2, 0.25) is 0 Å². The van der Waals surface area contributed by atoms with Gasteiger partial charge < -0.3 is 9.30 Å². The molecule has 3 heteroatoms. The first kappa shape index (κ1) is 23.1. The SMILES string of the molecule is Cc1ccccc1-c1cccc2c(CCCOc3cccc4ccccc34)cn(Cc3cccnc3)c12. The van der Waals surface area contributed by atoms with Crippen LogP contribution in [-0.4, -0.2) is 16.2 Å². The summed E-state index contributed by atoms with van der Waals surface area (Å²) in [5.74, 6) is 0.957. The topological polar surface area (TPSA) is 27.1 Å². The number of pyridine rings is 1. The predicted octanol–water partition coefficient (Wildman–Crippen LogP) is 8.22. The number of fused-ring (bicyclic) bond motifs is 2. The highest BCUT2D eigenvalue weighted by molar-refractivity contribution is 5.97. The molecule has 0 aliphatic heterocycles. The molecule has 0 atom stereocenters. The summed E-state index contributed by atoms with van der Waals surface area (Å²) in [4.78, 5) is 4.34. The van der Waals surface area contributed by atoms with E-state index < -0.39 is 0 Å². The molecule has 4 aromatic carbocycles. The average molecular weight is 483 g/mol. The molecule has 0 spiro atoms. The number of hydrogen-bond acceptors (Lipinski definition) is 2. The Labute approximate surface area is 218 Å². The van der Waals surface area contributed by atoms with E-state index in [1.807, 2.05) is 18.5 Å². The second-order valence-electron chi connectivity index (χ2n) is 9.59. The lowest BCUT2D eigenvalue weighted by Gasteiger charge is -2.12. The summed E-state index contributed by atoms with van der Waals surface area (Å²) in [6.07, 6.45) is 8.02. The fourth-order valence-corrected chi connectivity index (χ4v) is 5.31. The van der Waals surface area contributed by atoms with Gasteiger partial charge in [0.05, 0.1) is 12.1 Å². The third-order valence-corrected chi connectivity index (χ3v) is 7.09. The quantitative estimate of drug-likeness (QED) is 0.204. The Balaban J connectivity index is 1.30. The summed E-state index contributed by atoms with van der Waals surface area (Å²) >= 11 is 0. The Kier molecular flexibility index (Phi) is 6.43. The van der Waals surface area contributed by atoms with Crippen LogP contribution in [0.25, 0.3) is 32.8 Å². The molecule has 2 aromatic heterocycles. The van der Waals surface area contributed by atoms with Crippen molar-refractivity contribution >= 4 is 21.7 Å². The van der Waals surface area contributed by atoms with E-state index in [1.54, 1.807) is 0 Å². The first-order valence-corrected chi connectivity index (χ1v) is 12.9. The Morgan fingerprint density at radius 1 is 0.757 bits per heavy atom. The molecule has 6 rings (SSSR count).